The smallest absolute Gasteiger partial charge is 0.337 e. The molecule has 2 rings (SSSR count). The summed E-state index contributed by atoms with van der Waals surface area (Å²) in [6.07, 6.45) is 0. The van der Waals surface area contributed by atoms with Crippen LogP contribution in [0.2, 0.25) is 0 Å². The van der Waals surface area contributed by atoms with Gasteiger partial charge in [-0.2, -0.15) is 5.26 Å². The van der Waals surface area contributed by atoms with Crippen LogP contribution < -0.4 is 5.32 Å². The number of esters is 1. The minimum atomic E-state index is -0.364. The molecule has 0 amide bonds. The second-order valence-corrected chi connectivity index (χ2v) is 4.10. The highest BCUT2D eigenvalue weighted by atomic mass is 16.5. The fourth-order valence-electron chi connectivity index (χ4n) is 1.76. The summed E-state index contributed by atoms with van der Waals surface area (Å²) in [6, 6.07) is 12.7. The quantitative estimate of drug-likeness (QED) is 0.512. The van der Waals surface area contributed by atoms with Crippen LogP contribution in [0.4, 0.5) is 0 Å². The van der Waals surface area contributed by atoms with Gasteiger partial charge in [0.05, 0.1) is 31.8 Å². The minimum absolute atomic E-state index is 0.282. The molecule has 102 valence electrons. The van der Waals surface area contributed by atoms with Crippen molar-refractivity contribution in [3.05, 3.63) is 47.7 Å². The van der Waals surface area contributed by atoms with E-state index in [1.54, 1.807) is 24.3 Å². The van der Waals surface area contributed by atoms with Gasteiger partial charge in [0.2, 0.25) is 0 Å². The number of ether oxygens (including phenoxy) is 1. The Labute approximate surface area is 116 Å². The maximum atomic E-state index is 11.3. The Morgan fingerprint density at radius 1 is 1.30 bits per heavy atom. The van der Waals surface area contributed by atoms with Gasteiger partial charge >= 0.3 is 5.97 Å². The van der Waals surface area contributed by atoms with Crippen molar-refractivity contribution in [1.29, 1.82) is 5.26 Å². The lowest BCUT2D eigenvalue weighted by Gasteiger charge is -2.01. The fraction of sp³-hybridized carbons (Fsp3) is 0.200. The number of nitriles is 1. The second kappa shape index (κ2) is 6.55. The van der Waals surface area contributed by atoms with E-state index in [2.05, 4.69) is 10.1 Å². The van der Waals surface area contributed by atoms with Crippen molar-refractivity contribution in [2.24, 2.45) is 0 Å². The average Bonchev–Trinajstić information content (AvgIpc) is 2.96. The van der Waals surface area contributed by atoms with E-state index in [-0.39, 0.29) is 12.5 Å². The van der Waals surface area contributed by atoms with Gasteiger partial charge in [-0.05, 0) is 24.3 Å². The first-order chi connectivity index (χ1) is 9.74. The van der Waals surface area contributed by atoms with Crippen molar-refractivity contribution in [2.45, 2.75) is 6.54 Å². The van der Waals surface area contributed by atoms with E-state index in [0.29, 0.717) is 12.1 Å². The third kappa shape index (κ3) is 3.25. The van der Waals surface area contributed by atoms with E-state index in [1.807, 2.05) is 18.2 Å². The van der Waals surface area contributed by atoms with E-state index in [9.17, 15) is 4.79 Å². The van der Waals surface area contributed by atoms with Crippen molar-refractivity contribution < 1.29 is 13.9 Å². The predicted molar refractivity (Wildman–Crippen MR) is 72.8 cm³/mol. The minimum Gasteiger partial charge on any atom is -0.465 e. The first-order valence-electron chi connectivity index (χ1n) is 6.09. The summed E-state index contributed by atoms with van der Waals surface area (Å²) < 4.78 is 10.3. The predicted octanol–water partition coefficient (Wildman–Crippen LogP) is 2.35. The molecule has 0 aliphatic heterocycles. The lowest BCUT2D eigenvalue weighted by atomic mass is 10.1. The van der Waals surface area contributed by atoms with Crippen LogP contribution in [-0.2, 0) is 11.3 Å². The van der Waals surface area contributed by atoms with Crippen molar-refractivity contribution in [1.82, 2.24) is 5.32 Å². The number of carbonyl (C=O) groups is 1. The fourth-order valence-corrected chi connectivity index (χ4v) is 1.76. The monoisotopic (exact) mass is 270 g/mol. The van der Waals surface area contributed by atoms with E-state index in [1.165, 1.54) is 7.11 Å². The number of furan rings is 1. The number of hydrogen-bond acceptors (Lipinski definition) is 5. The zero-order chi connectivity index (χ0) is 14.4. The van der Waals surface area contributed by atoms with Crippen molar-refractivity contribution in [3.8, 4) is 17.4 Å². The lowest BCUT2D eigenvalue weighted by molar-refractivity contribution is 0.0601. The van der Waals surface area contributed by atoms with E-state index in [4.69, 9.17) is 9.68 Å². The molecule has 0 fully saturated rings. The van der Waals surface area contributed by atoms with Crippen LogP contribution in [0, 0.1) is 11.3 Å². The summed E-state index contributed by atoms with van der Waals surface area (Å²) in [6.45, 7) is 0.789. The molecule has 0 aliphatic rings. The molecule has 0 saturated heterocycles. The molecular formula is C15H14N2O3. The Hall–Kier alpha value is -2.58. The van der Waals surface area contributed by atoms with Crippen molar-refractivity contribution in [2.75, 3.05) is 13.7 Å². The maximum Gasteiger partial charge on any atom is 0.337 e. The van der Waals surface area contributed by atoms with Crippen LogP contribution in [0.1, 0.15) is 16.1 Å². The van der Waals surface area contributed by atoms with Crippen LogP contribution in [0.3, 0.4) is 0 Å². The highest BCUT2D eigenvalue weighted by Crippen LogP contribution is 2.22. The molecule has 5 heteroatoms. The Kier molecular flexibility index (Phi) is 4.53. The third-order valence-electron chi connectivity index (χ3n) is 2.76. The Balaban J connectivity index is 2.08. The van der Waals surface area contributed by atoms with Gasteiger partial charge in [-0.15, -0.1) is 0 Å². The molecule has 1 heterocycles. The molecule has 2 aromatic rings. The second-order valence-electron chi connectivity index (χ2n) is 4.10. The molecule has 1 aromatic carbocycles. The van der Waals surface area contributed by atoms with Gasteiger partial charge in [0.25, 0.3) is 0 Å². The molecule has 0 unspecified atom stereocenters. The first-order valence-corrected chi connectivity index (χ1v) is 6.09. The van der Waals surface area contributed by atoms with Crippen LogP contribution in [0.15, 0.2) is 40.8 Å². The number of methoxy groups -OCH3 is 1. The zero-order valence-corrected chi connectivity index (χ0v) is 11.1. The number of nitrogens with zero attached hydrogens (tertiary/aromatic N) is 1. The van der Waals surface area contributed by atoms with Gasteiger partial charge in [-0.25, -0.2) is 4.79 Å². The average molecular weight is 270 g/mol. The maximum absolute atomic E-state index is 11.3. The number of hydrogen-bond donors (Lipinski definition) is 1. The number of nitrogens with one attached hydrogen (secondary N) is 1. The first kappa shape index (κ1) is 13.8. The number of benzene rings is 1. The van der Waals surface area contributed by atoms with Crippen LogP contribution in [0.5, 0.6) is 0 Å². The summed E-state index contributed by atoms with van der Waals surface area (Å²) in [7, 11) is 1.35. The molecule has 0 radical (unpaired) electrons. The Morgan fingerprint density at radius 2 is 2.05 bits per heavy atom. The van der Waals surface area contributed by atoms with Crippen LogP contribution in [0.25, 0.3) is 11.3 Å². The van der Waals surface area contributed by atoms with Gasteiger partial charge in [0, 0.05) is 5.56 Å². The Morgan fingerprint density at radius 3 is 2.70 bits per heavy atom. The number of carbonyl (C=O) groups excluding carboxylic acids is 1. The summed E-state index contributed by atoms with van der Waals surface area (Å²) in [5.74, 6) is 1.11. The van der Waals surface area contributed by atoms with E-state index in [0.717, 1.165) is 17.1 Å². The Bertz CT molecular complexity index is 623. The highest BCUT2D eigenvalue weighted by molar-refractivity contribution is 5.89. The summed E-state index contributed by atoms with van der Waals surface area (Å²) >= 11 is 0. The third-order valence-corrected chi connectivity index (χ3v) is 2.76. The van der Waals surface area contributed by atoms with E-state index < -0.39 is 0 Å². The van der Waals surface area contributed by atoms with Gasteiger partial charge in [0.1, 0.15) is 11.5 Å². The molecule has 0 spiro atoms. The molecule has 0 bridgehead atoms. The van der Waals surface area contributed by atoms with Crippen LogP contribution >= 0.6 is 0 Å². The molecule has 0 saturated carbocycles. The summed E-state index contributed by atoms with van der Waals surface area (Å²) in [5, 5.41) is 11.4. The van der Waals surface area contributed by atoms with E-state index >= 15 is 0 Å². The molecule has 1 aromatic heterocycles. The standard InChI is InChI=1S/C15H14N2O3/c1-19-15(18)12-4-2-11(3-5-12)14-7-6-13(20-14)10-17-9-8-16/h2-7,17H,9-10H2,1H3. The summed E-state index contributed by atoms with van der Waals surface area (Å²) in [5.41, 5.74) is 1.38. The molecule has 0 aliphatic carbocycles. The van der Waals surface area contributed by atoms with Crippen molar-refractivity contribution in [3.63, 3.8) is 0 Å². The normalized spacial score (nSPS) is 10.0. The molecule has 20 heavy (non-hydrogen) atoms. The zero-order valence-electron chi connectivity index (χ0n) is 11.1. The van der Waals surface area contributed by atoms with Crippen LogP contribution in [-0.4, -0.2) is 19.6 Å². The van der Waals surface area contributed by atoms with Gasteiger partial charge in [0.15, 0.2) is 0 Å². The molecule has 5 nitrogen and oxygen atoms in total. The molecule has 0 atom stereocenters. The van der Waals surface area contributed by atoms with Gasteiger partial charge < -0.3 is 9.15 Å². The molecule has 1 N–H and O–H groups in total. The SMILES string of the molecule is COC(=O)c1ccc(-c2ccc(CNCC#N)o2)cc1. The lowest BCUT2D eigenvalue weighted by Crippen LogP contribution is -2.12. The van der Waals surface area contributed by atoms with Gasteiger partial charge in [-0.3, -0.25) is 5.32 Å². The largest absolute Gasteiger partial charge is 0.465 e. The number of rotatable bonds is 5. The molecular weight excluding hydrogens is 256 g/mol. The highest BCUT2D eigenvalue weighted by Gasteiger charge is 2.08. The summed E-state index contributed by atoms with van der Waals surface area (Å²) in [4.78, 5) is 11.3. The van der Waals surface area contributed by atoms with Crippen molar-refractivity contribution >= 4 is 5.97 Å². The topological polar surface area (TPSA) is 75.3 Å². The van der Waals surface area contributed by atoms with Gasteiger partial charge in [-0.1, -0.05) is 12.1 Å².